The van der Waals surface area contributed by atoms with Crippen molar-refractivity contribution < 1.29 is 0 Å². The number of benzene rings is 1. The van der Waals surface area contributed by atoms with Crippen LogP contribution in [0.3, 0.4) is 0 Å². The lowest BCUT2D eigenvalue weighted by Crippen LogP contribution is -1.85. The van der Waals surface area contributed by atoms with Crippen molar-refractivity contribution in [3.8, 4) is 6.07 Å². The van der Waals surface area contributed by atoms with Gasteiger partial charge in [-0.3, -0.25) is 0 Å². The maximum absolute atomic E-state index is 8.81. The molecule has 0 saturated heterocycles. The van der Waals surface area contributed by atoms with Crippen LogP contribution in [-0.4, -0.2) is 4.98 Å². The number of pyridine rings is 1. The van der Waals surface area contributed by atoms with Crippen molar-refractivity contribution in [1.29, 1.82) is 5.26 Å². The quantitative estimate of drug-likeness (QED) is 0.804. The number of nitriles is 1. The molecule has 17 heavy (non-hydrogen) atoms. The monoisotopic (exact) mass is 304 g/mol. The lowest BCUT2D eigenvalue weighted by molar-refractivity contribution is 1.11. The molecular formula is C13H9BrN2S. The molecule has 1 heterocycles. The minimum absolute atomic E-state index is 0.697. The van der Waals surface area contributed by atoms with Crippen LogP contribution in [0.25, 0.3) is 0 Å². The summed E-state index contributed by atoms with van der Waals surface area (Å²) >= 11 is 5.11. The van der Waals surface area contributed by atoms with E-state index in [1.165, 1.54) is 0 Å². The first-order valence-electron chi connectivity index (χ1n) is 5.02. The molecule has 0 aliphatic heterocycles. The van der Waals surface area contributed by atoms with Crippen LogP contribution in [0.1, 0.15) is 11.1 Å². The SMILES string of the molecule is N#Cc1cccc(CSc2ncccc2Br)c1. The van der Waals surface area contributed by atoms with Crippen molar-refractivity contribution in [3.05, 3.63) is 58.2 Å². The van der Waals surface area contributed by atoms with Crippen LogP contribution in [0.5, 0.6) is 0 Å². The molecule has 0 bridgehead atoms. The van der Waals surface area contributed by atoms with Crippen LogP contribution in [0.2, 0.25) is 0 Å². The Morgan fingerprint density at radius 1 is 1.29 bits per heavy atom. The highest BCUT2D eigenvalue weighted by Crippen LogP contribution is 2.27. The molecule has 1 aromatic heterocycles. The van der Waals surface area contributed by atoms with Gasteiger partial charge in [0, 0.05) is 16.4 Å². The first-order chi connectivity index (χ1) is 8.29. The molecule has 0 N–H and O–H groups in total. The second-order valence-corrected chi connectivity index (χ2v) is 5.21. The minimum Gasteiger partial charge on any atom is -0.249 e. The van der Waals surface area contributed by atoms with E-state index >= 15 is 0 Å². The molecule has 2 aromatic rings. The average molecular weight is 305 g/mol. The van der Waals surface area contributed by atoms with Gasteiger partial charge in [-0.05, 0) is 45.8 Å². The van der Waals surface area contributed by atoms with Crippen LogP contribution in [-0.2, 0) is 5.75 Å². The van der Waals surface area contributed by atoms with Gasteiger partial charge in [-0.2, -0.15) is 5.26 Å². The second-order valence-electron chi connectivity index (χ2n) is 3.39. The van der Waals surface area contributed by atoms with Crippen LogP contribution >= 0.6 is 27.7 Å². The summed E-state index contributed by atoms with van der Waals surface area (Å²) in [5.41, 5.74) is 1.83. The smallest absolute Gasteiger partial charge is 0.110 e. The fourth-order valence-electron chi connectivity index (χ4n) is 1.36. The van der Waals surface area contributed by atoms with Crippen molar-refractivity contribution in [3.63, 3.8) is 0 Å². The summed E-state index contributed by atoms with van der Waals surface area (Å²) in [6, 6.07) is 13.6. The number of halogens is 1. The van der Waals surface area contributed by atoms with Gasteiger partial charge < -0.3 is 0 Å². The molecule has 2 nitrogen and oxygen atoms in total. The predicted molar refractivity (Wildman–Crippen MR) is 72.7 cm³/mol. The molecule has 4 heteroatoms. The molecule has 0 spiro atoms. The first-order valence-corrected chi connectivity index (χ1v) is 6.80. The predicted octanol–water partition coefficient (Wildman–Crippen LogP) is 4.01. The molecular weight excluding hydrogens is 296 g/mol. The van der Waals surface area contributed by atoms with Crippen molar-refractivity contribution in [2.24, 2.45) is 0 Å². The van der Waals surface area contributed by atoms with Crippen LogP contribution < -0.4 is 0 Å². The Labute approximate surface area is 113 Å². The number of aromatic nitrogens is 1. The van der Waals surface area contributed by atoms with Gasteiger partial charge in [-0.1, -0.05) is 12.1 Å². The standard InChI is InChI=1S/C13H9BrN2S/c14-12-5-2-6-16-13(12)17-9-11-4-1-3-10(7-11)8-15/h1-7H,9H2. The van der Waals surface area contributed by atoms with Crippen LogP contribution in [0, 0.1) is 11.3 Å². The largest absolute Gasteiger partial charge is 0.249 e. The van der Waals surface area contributed by atoms with E-state index in [-0.39, 0.29) is 0 Å². The van der Waals surface area contributed by atoms with Gasteiger partial charge in [0.2, 0.25) is 0 Å². The normalized spacial score (nSPS) is 9.88. The topological polar surface area (TPSA) is 36.7 Å². The summed E-state index contributed by atoms with van der Waals surface area (Å²) in [5.74, 6) is 0.811. The molecule has 0 radical (unpaired) electrons. The van der Waals surface area contributed by atoms with Gasteiger partial charge in [-0.25, -0.2) is 4.98 Å². The summed E-state index contributed by atoms with van der Waals surface area (Å²) in [6.45, 7) is 0. The van der Waals surface area contributed by atoms with Crippen molar-refractivity contribution in [2.75, 3.05) is 0 Å². The van der Waals surface area contributed by atoms with Crippen LogP contribution in [0.4, 0.5) is 0 Å². The zero-order valence-corrected chi connectivity index (χ0v) is 11.3. The lowest BCUT2D eigenvalue weighted by Gasteiger charge is -2.03. The van der Waals surface area contributed by atoms with E-state index in [2.05, 4.69) is 27.0 Å². The summed E-state index contributed by atoms with van der Waals surface area (Å²) in [4.78, 5) is 4.29. The summed E-state index contributed by atoms with van der Waals surface area (Å²) in [6.07, 6.45) is 1.78. The summed E-state index contributed by atoms with van der Waals surface area (Å²) in [7, 11) is 0. The van der Waals surface area contributed by atoms with Gasteiger partial charge in [0.15, 0.2) is 0 Å². The molecule has 0 saturated carbocycles. The number of hydrogen-bond donors (Lipinski definition) is 0. The molecule has 0 aliphatic rings. The zero-order valence-electron chi connectivity index (χ0n) is 8.93. The van der Waals surface area contributed by atoms with Crippen molar-refractivity contribution in [1.82, 2.24) is 4.98 Å². The van der Waals surface area contributed by atoms with Gasteiger partial charge in [0.25, 0.3) is 0 Å². The highest BCUT2D eigenvalue weighted by molar-refractivity contribution is 9.10. The van der Waals surface area contributed by atoms with E-state index in [1.54, 1.807) is 18.0 Å². The average Bonchev–Trinajstić information content (AvgIpc) is 2.38. The second kappa shape index (κ2) is 5.85. The van der Waals surface area contributed by atoms with Crippen molar-refractivity contribution >= 4 is 27.7 Å². The molecule has 2 rings (SSSR count). The molecule has 0 atom stereocenters. The Hall–Kier alpha value is -1.31. The molecule has 0 amide bonds. The maximum Gasteiger partial charge on any atom is 0.110 e. The molecule has 84 valence electrons. The fourth-order valence-corrected chi connectivity index (χ4v) is 2.78. The van der Waals surface area contributed by atoms with Gasteiger partial charge in [-0.15, -0.1) is 11.8 Å². The maximum atomic E-state index is 8.81. The van der Waals surface area contributed by atoms with Crippen LogP contribution in [0.15, 0.2) is 52.1 Å². The van der Waals surface area contributed by atoms with E-state index in [1.807, 2.05) is 36.4 Å². The van der Waals surface area contributed by atoms with Crippen molar-refractivity contribution in [2.45, 2.75) is 10.8 Å². The number of hydrogen-bond acceptors (Lipinski definition) is 3. The van der Waals surface area contributed by atoms with E-state index < -0.39 is 0 Å². The first kappa shape index (κ1) is 12.2. The molecule has 1 aromatic carbocycles. The highest BCUT2D eigenvalue weighted by atomic mass is 79.9. The van der Waals surface area contributed by atoms with E-state index in [0.717, 1.165) is 20.8 Å². The fraction of sp³-hybridized carbons (Fsp3) is 0.0769. The minimum atomic E-state index is 0.697. The van der Waals surface area contributed by atoms with E-state index in [9.17, 15) is 0 Å². The summed E-state index contributed by atoms with van der Waals surface area (Å²) in [5, 5.41) is 9.78. The highest BCUT2D eigenvalue weighted by Gasteiger charge is 2.02. The van der Waals surface area contributed by atoms with Gasteiger partial charge >= 0.3 is 0 Å². The van der Waals surface area contributed by atoms with E-state index in [0.29, 0.717) is 5.56 Å². The Morgan fingerprint density at radius 3 is 2.94 bits per heavy atom. The molecule has 0 unspecified atom stereocenters. The Morgan fingerprint density at radius 2 is 2.18 bits per heavy atom. The third-order valence-corrected chi connectivity index (χ3v) is 4.14. The lowest BCUT2D eigenvalue weighted by atomic mass is 10.2. The Balaban J connectivity index is 2.08. The van der Waals surface area contributed by atoms with E-state index in [4.69, 9.17) is 5.26 Å². The van der Waals surface area contributed by atoms with Gasteiger partial charge in [0.05, 0.1) is 11.6 Å². The zero-order chi connectivity index (χ0) is 12.1. The third kappa shape index (κ3) is 3.32. The summed E-state index contributed by atoms with van der Waals surface area (Å²) < 4.78 is 1.00. The molecule has 0 fully saturated rings. The number of thioether (sulfide) groups is 1. The Bertz CT molecular complexity index is 563. The van der Waals surface area contributed by atoms with Gasteiger partial charge in [0.1, 0.15) is 5.03 Å². The molecule has 0 aliphatic carbocycles. The number of rotatable bonds is 3. The third-order valence-electron chi connectivity index (χ3n) is 2.16. The number of nitrogens with zero attached hydrogens (tertiary/aromatic N) is 2. The Kier molecular flexibility index (Phi) is 4.18.